The average Bonchev–Trinajstić information content (AvgIpc) is 2.40. The molecule has 2 atom stereocenters. The van der Waals surface area contributed by atoms with E-state index in [-0.39, 0.29) is 29.3 Å². The first-order valence-electron chi connectivity index (χ1n) is 6.37. The van der Waals surface area contributed by atoms with Crippen LogP contribution in [0.5, 0.6) is 11.5 Å². The van der Waals surface area contributed by atoms with Crippen molar-refractivity contribution in [3.63, 3.8) is 0 Å². The molecule has 104 valence electrons. The first kappa shape index (κ1) is 13.6. The summed E-state index contributed by atoms with van der Waals surface area (Å²) in [7, 11) is 1.40. The van der Waals surface area contributed by atoms with Crippen LogP contribution in [0.15, 0.2) is 18.2 Å². The summed E-state index contributed by atoms with van der Waals surface area (Å²) in [4.78, 5) is 10.7. The van der Waals surface area contributed by atoms with E-state index in [2.05, 4.69) is 0 Å². The van der Waals surface area contributed by atoms with Gasteiger partial charge in [-0.25, -0.2) is 0 Å². The standard InChI is InChI=1S/C13H18N2O4/c1-18-11-7-4-8-12(13(11)15(16)17)19-10-6-3-2-5-9(10)14/h4,7-10H,2-3,5-6,14H2,1H3. The summed E-state index contributed by atoms with van der Waals surface area (Å²) in [6.07, 6.45) is 3.68. The number of rotatable bonds is 4. The SMILES string of the molecule is COc1cccc(OC2CCCCC2N)c1[N+](=O)[O-]. The topological polar surface area (TPSA) is 87.6 Å². The van der Waals surface area contributed by atoms with Gasteiger partial charge in [0, 0.05) is 6.04 Å². The first-order chi connectivity index (χ1) is 9.13. The van der Waals surface area contributed by atoms with Gasteiger partial charge in [-0.05, 0) is 31.4 Å². The Labute approximate surface area is 111 Å². The lowest BCUT2D eigenvalue weighted by molar-refractivity contribution is -0.387. The molecule has 0 heterocycles. The van der Waals surface area contributed by atoms with Crippen LogP contribution in [-0.2, 0) is 0 Å². The summed E-state index contributed by atoms with van der Waals surface area (Å²) in [5.41, 5.74) is 5.86. The monoisotopic (exact) mass is 266 g/mol. The van der Waals surface area contributed by atoms with E-state index in [9.17, 15) is 10.1 Å². The highest BCUT2D eigenvalue weighted by Gasteiger charge is 2.28. The molecule has 1 aromatic rings. The number of ether oxygens (including phenoxy) is 2. The van der Waals surface area contributed by atoms with Gasteiger partial charge in [-0.2, -0.15) is 0 Å². The number of hydrogen-bond acceptors (Lipinski definition) is 5. The van der Waals surface area contributed by atoms with E-state index in [4.69, 9.17) is 15.2 Å². The third-order valence-electron chi connectivity index (χ3n) is 3.40. The van der Waals surface area contributed by atoms with E-state index in [1.807, 2.05) is 0 Å². The number of benzene rings is 1. The summed E-state index contributed by atoms with van der Waals surface area (Å²) in [6.45, 7) is 0. The van der Waals surface area contributed by atoms with E-state index in [1.165, 1.54) is 7.11 Å². The summed E-state index contributed by atoms with van der Waals surface area (Å²) < 4.78 is 10.8. The number of methoxy groups -OCH3 is 1. The Morgan fingerprint density at radius 3 is 2.63 bits per heavy atom. The van der Waals surface area contributed by atoms with Crippen molar-refractivity contribution in [1.29, 1.82) is 0 Å². The van der Waals surface area contributed by atoms with Gasteiger partial charge in [0.15, 0.2) is 0 Å². The highest BCUT2D eigenvalue weighted by atomic mass is 16.6. The third-order valence-corrected chi connectivity index (χ3v) is 3.40. The van der Waals surface area contributed by atoms with Crippen molar-refractivity contribution >= 4 is 5.69 Å². The number of nitro groups is 1. The Bertz CT molecular complexity index is 464. The fraction of sp³-hybridized carbons (Fsp3) is 0.538. The predicted octanol–water partition coefficient (Wildman–Crippen LogP) is 2.25. The van der Waals surface area contributed by atoms with Crippen molar-refractivity contribution in [2.75, 3.05) is 7.11 Å². The van der Waals surface area contributed by atoms with Crippen molar-refractivity contribution in [3.8, 4) is 11.5 Å². The Morgan fingerprint density at radius 1 is 1.32 bits per heavy atom. The normalized spacial score (nSPS) is 22.8. The molecule has 0 saturated heterocycles. The minimum absolute atomic E-state index is 0.0699. The molecule has 2 unspecified atom stereocenters. The van der Waals surface area contributed by atoms with Crippen LogP contribution in [0, 0.1) is 10.1 Å². The van der Waals surface area contributed by atoms with E-state index >= 15 is 0 Å². The molecule has 0 aliphatic heterocycles. The van der Waals surface area contributed by atoms with Gasteiger partial charge in [-0.3, -0.25) is 10.1 Å². The van der Waals surface area contributed by atoms with E-state index in [1.54, 1.807) is 18.2 Å². The zero-order valence-electron chi connectivity index (χ0n) is 10.9. The molecule has 1 saturated carbocycles. The van der Waals surface area contributed by atoms with Crippen LogP contribution in [0.4, 0.5) is 5.69 Å². The molecule has 0 spiro atoms. The lowest BCUT2D eigenvalue weighted by Crippen LogP contribution is -2.41. The van der Waals surface area contributed by atoms with Gasteiger partial charge in [0.2, 0.25) is 11.5 Å². The molecule has 1 aliphatic rings. The van der Waals surface area contributed by atoms with Crippen LogP contribution in [0.3, 0.4) is 0 Å². The molecule has 1 aliphatic carbocycles. The Morgan fingerprint density at radius 2 is 2.00 bits per heavy atom. The van der Waals surface area contributed by atoms with Gasteiger partial charge >= 0.3 is 5.69 Å². The first-order valence-corrected chi connectivity index (χ1v) is 6.37. The van der Waals surface area contributed by atoms with Crippen LogP contribution in [-0.4, -0.2) is 24.2 Å². The highest BCUT2D eigenvalue weighted by Crippen LogP contribution is 2.37. The van der Waals surface area contributed by atoms with Gasteiger partial charge in [-0.15, -0.1) is 0 Å². The van der Waals surface area contributed by atoms with Gasteiger partial charge in [0.1, 0.15) is 6.10 Å². The molecule has 0 bridgehead atoms. The van der Waals surface area contributed by atoms with Crippen LogP contribution in [0.1, 0.15) is 25.7 Å². The molecule has 1 fully saturated rings. The fourth-order valence-electron chi connectivity index (χ4n) is 2.38. The summed E-state index contributed by atoms with van der Waals surface area (Å²) in [6, 6.07) is 4.74. The molecule has 6 heteroatoms. The fourth-order valence-corrected chi connectivity index (χ4v) is 2.38. The average molecular weight is 266 g/mol. The second-order valence-electron chi connectivity index (χ2n) is 4.67. The van der Waals surface area contributed by atoms with Gasteiger partial charge in [0.25, 0.3) is 0 Å². The van der Waals surface area contributed by atoms with Crippen LogP contribution >= 0.6 is 0 Å². The van der Waals surface area contributed by atoms with E-state index < -0.39 is 4.92 Å². The maximum Gasteiger partial charge on any atom is 0.352 e. The minimum atomic E-state index is -0.484. The molecule has 19 heavy (non-hydrogen) atoms. The highest BCUT2D eigenvalue weighted by molar-refractivity contribution is 5.57. The maximum atomic E-state index is 11.1. The quantitative estimate of drug-likeness (QED) is 0.667. The van der Waals surface area contributed by atoms with Crippen molar-refractivity contribution in [1.82, 2.24) is 0 Å². The van der Waals surface area contributed by atoms with Crippen molar-refractivity contribution < 1.29 is 14.4 Å². The largest absolute Gasteiger partial charge is 0.490 e. The minimum Gasteiger partial charge on any atom is -0.490 e. The second-order valence-corrected chi connectivity index (χ2v) is 4.67. The summed E-state index contributed by atoms with van der Waals surface area (Å²) >= 11 is 0. The third kappa shape index (κ3) is 2.96. The van der Waals surface area contributed by atoms with Crippen molar-refractivity contribution in [2.24, 2.45) is 5.73 Å². The second kappa shape index (κ2) is 5.88. The van der Waals surface area contributed by atoms with E-state index in [0.29, 0.717) is 0 Å². The number of nitrogens with zero attached hydrogens (tertiary/aromatic N) is 1. The zero-order valence-corrected chi connectivity index (χ0v) is 10.9. The Balaban J connectivity index is 2.26. The number of para-hydroxylation sites is 1. The van der Waals surface area contributed by atoms with Crippen LogP contribution < -0.4 is 15.2 Å². The molecule has 2 N–H and O–H groups in total. The molecule has 0 aromatic heterocycles. The molecule has 1 aromatic carbocycles. The molecule has 0 amide bonds. The lowest BCUT2D eigenvalue weighted by Gasteiger charge is -2.28. The lowest BCUT2D eigenvalue weighted by atomic mass is 9.93. The van der Waals surface area contributed by atoms with Crippen molar-refractivity contribution in [2.45, 2.75) is 37.8 Å². The van der Waals surface area contributed by atoms with Gasteiger partial charge < -0.3 is 15.2 Å². The van der Waals surface area contributed by atoms with Crippen LogP contribution in [0.25, 0.3) is 0 Å². The molecule has 0 radical (unpaired) electrons. The Kier molecular flexibility index (Phi) is 4.21. The zero-order chi connectivity index (χ0) is 13.8. The maximum absolute atomic E-state index is 11.1. The molecule has 2 rings (SSSR count). The number of hydrogen-bond donors (Lipinski definition) is 1. The molecule has 6 nitrogen and oxygen atoms in total. The summed E-state index contributed by atoms with van der Waals surface area (Å²) in [5.74, 6) is 0.429. The van der Waals surface area contributed by atoms with Gasteiger partial charge in [0.05, 0.1) is 12.0 Å². The summed E-state index contributed by atoms with van der Waals surface area (Å²) in [5, 5.41) is 11.1. The molecular formula is C13H18N2O4. The predicted molar refractivity (Wildman–Crippen MR) is 70.5 cm³/mol. The van der Waals surface area contributed by atoms with Crippen LogP contribution in [0.2, 0.25) is 0 Å². The van der Waals surface area contributed by atoms with E-state index in [0.717, 1.165) is 25.7 Å². The molecular weight excluding hydrogens is 248 g/mol. The number of nitrogens with two attached hydrogens (primary N) is 1. The van der Waals surface area contributed by atoms with Crippen molar-refractivity contribution in [3.05, 3.63) is 28.3 Å². The smallest absolute Gasteiger partial charge is 0.352 e. The van der Waals surface area contributed by atoms with Gasteiger partial charge in [-0.1, -0.05) is 12.5 Å². The Hall–Kier alpha value is -1.82. The number of nitro benzene ring substituents is 1.